The van der Waals surface area contributed by atoms with Crippen LogP contribution >= 0.6 is 0 Å². The van der Waals surface area contributed by atoms with Crippen LogP contribution in [-0.4, -0.2) is 28.3 Å². The number of fused-ring (bicyclic) bond motifs is 1. The zero-order chi connectivity index (χ0) is 25.1. The molecule has 2 heterocycles. The van der Waals surface area contributed by atoms with Gasteiger partial charge in [0, 0.05) is 29.1 Å². The van der Waals surface area contributed by atoms with Crippen molar-refractivity contribution in [3.8, 4) is 16.9 Å². The first-order valence-corrected chi connectivity index (χ1v) is 12.0. The van der Waals surface area contributed by atoms with E-state index in [1.165, 1.54) is 16.7 Å². The fourth-order valence-corrected chi connectivity index (χ4v) is 5.20. The molecule has 0 radical (unpaired) electrons. The molecule has 180 valence electrons. The van der Waals surface area contributed by atoms with Crippen LogP contribution in [0, 0.1) is 20.8 Å². The maximum absolute atomic E-state index is 12.6. The van der Waals surface area contributed by atoms with E-state index >= 15 is 0 Å². The first kappa shape index (κ1) is 23.3. The van der Waals surface area contributed by atoms with E-state index in [4.69, 9.17) is 14.5 Å². The van der Waals surface area contributed by atoms with Gasteiger partial charge < -0.3 is 14.6 Å². The van der Waals surface area contributed by atoms with Crippen molar-refractivity contribution >= 4 is 27.6 Å². The highest BCUT2D eigenvalue weighted by molar-refractivity contribution is 6.09. The third kappa shape index (κ3) is 3.94. The number of nitrogens with zero attached hydrogens (tertiary/aromatic N) is 1. The van der Waals surface area contributed by atoms with E-state index in [1.54, 1.807) is 0 Å². The van der Waals surface area contributed by atoms with E-state index in [9.17, 15) is 9.90 Å². The molecule has 0 amide bonds. The van der Waals surface area contributed by atoms with Gasteiger partial charge >= 0.3 is 5.97 Å². The van der Waals surface area contributed by atoms with Crippen LogP contribution in [0.3, 0.4) is 0 Å². The normalized spacial score (nSPS) is 14.2. The third-order valence-electron chi connectivity index (χ3n) is 6.91. The zero-order valence-electron chi connectivity index (χ0n) is 21.2. The third-order valence-corrected chi connectivity index (χ3v) is 6.91. The van der Waals surface area contributed by atoms with Crippen molar-refractivity contribution in [2.45, 2.75) is 59.7 Å². The molecule has 0 spiro atoms. The van der Waals surface area contributed by atoms with Crippen molar-refractivity contribution in [2.24, 2.45) is 0 Å². The van der Waals surface area contributed by atoms with E-state index in [0.29, 0.717) is 12.2 Å². The summed E-state index contributed by atoms with van der Waals surface area (Å²) >= 11 is 0. The van der Waals surface area contributed by atoms with E-state index < -0.39 is 17.7 Å². The van der Waals surface area contributed by atoms with Gasteiger partial charge in [-0.2, -0.15) is 0 Å². The van der Waals surface area contributed by atoms with Gasteiger partial charge in [-0.15, -0.1) is 0 Å². The Bertz CT molecular complexity index is 1490. The number of aliphatic carboxylic acids is 1. The lowest BCUT2D eigenvalue weighted by molar-refractivity contribution is -0.160. The smallest absolute Gasteiger partial charge is 0.337 e. The molecular formula is C30H31NO4. The number of ether oxygens (including phenoxy) is 2. The number of hydrogen-bond acceptors (Lipinski definition) is 4. The van der Waals surface area contributed by atoms with E-state index in [2.05, 4.69) is 32.0 Å². The number of rotatable bonds is 4. The average Bonchev–Trinajstić information content (AvgIpc) is 2.80. The van der Waals surface area contributed by atoms with Gasteiger partial charge in [0.05, 0.1) is 17.7 Å². The van der Waals surface area contributed by atoms with Crippen LogP contribution in [0.1, 0.15) is 54.7 Å². The molecule has 5 nitrogen and oxygen atoms in total. The molecule has 35 heavy (non-hydrogen) atoms. The molecule has 1 aromatic heterocycles. The Morgan fingerprint density at radius 1 is 1.06 bits per heavy atom. The second-order valence-electron chi connectivity index (χ2n) is 10.4. The Kier molecular flexibility index (Phi) is 5.56. The highest BCUT2D eigenvalue weighted by atomic mass is 16.5. The Morgan fingerprint density at radius 3 is 2.54 bits per heavy atom. The molecule has 5 heteroatoms. The minimum atomic E-state index is -1.13. The summed E-state index contributed by atoms with van der Waals surface area (Å²) in [5.41, 5.74) is 7.07. The summed E-state index contributed by atoms with van der Waals surface area (Å²) in [7, 11) is 0. The molecule has 0 bridgehead atoms. The van der Waals surface area contributed by atoms with Crippen LogP contribution in [0.15, 0.2) is 42.6 Å². The van der Waals surface area contributed by atoms with Crippen LogP contribution in [0.25, 0.3) is 32.8 Å². The fourth-order valence-electron chi connectivity index (χ4n) is 5.20. The van der Waals surface area contributed by atoms with Crippen LogP contribution < -0.4 is 4.74 Å². The largest absolute Gasteiger partial charge is 0.493 e. The first-order chi connectivity index (χ1) is 16.6. The lowest BCUT2D eigenvalue weighted by atomic mass is 9.84. The summed E-state index contributed by atoms with van der Waals surface area (Å²) in [5.74, 6) is -0.184. The molecule has 1 N–H and O–H groups in total. The van der Waals surface area contributed by atoms with Gasteiger partial charge in [-0.05, 0) is 98.3 Å². The van der Waals surface area contributed by atoms with Crippen molar-refractivity contribution in [1.29, 1.82) is 0 Å². The lowest BCUT2D eigenvalue weighted by Crippen LogP contribution is -2.28. The molecule has 0 aliphatic carbocycles. The topological polar surface area (TPSA) is 68.7 Å². The maximum atomic E-state index is 12.6. The number of aromatic nitrogens is 1. The Morgan fingerprint density at radius 2 is 1.83 bits per heavy atom. The van der Waals surface area contributed by atoms with E-state index in [0.717, 1.165) is 50.5 Å². The summed E-state index contributed by atoms with van der Waals surface area (Å²) in [6.07, 6.45) is 1.53. The van der Waals surface area contributed by atoms with Crippen LogP contribution in [0.5, 0.6) is 5.75 Å². The number of benzene rings is 3. The highest BCUT2D eigenvalue weighted by Crippen LogP contribution is 2.45. The maximum Gasteiger partial charge on any atom is 0.337 e. The number of carboxylic acid groups (broad SMARTS) is 1. The molecule has 1 aliphatic rings. The number of carboxylic acids is 1. The first-order valence-electron chi connectivity index (χ1n) is 12.0. The standard InChI is InChI=1S/C30H31NO4/c1-16-7-8-20-22(18(16)3)15-17(2)24(28(29(32)33)35-30(4,5)6)26(20)21-9-10-23-25-19(12-14-34-23)11-13-31-27(21)25/h7-11,13,15,28H,12,14H2,1-6H3,(H,32,33)/t28-/m1/s1. The average molecular weight is 470 g/mol. The monoisotopic (exact) mass is 469 g/mol. The van der Waals surface area contributed by atoms with Gasteiger partial charge in [0.1, 0.15) is 5.75 Å². The minimum absolute atomic E-state index is 0.642. The van der Waals surface area contributed by atoms with Crippen molar-refractivity contribution in [3.05, 3.63) is 70.4 Å². The molecule has 4 aromatic rings. The SMILES string of the molecule is Cc1cc2c(C)c(C)ccc2c(-c2ccc3c4c(ccnc24)CCO3)c1[C@@H](OC(C)(C)C)C(=O)O. The molecule has 5 rings (SSSR count). The number of aryl methyl sites for hydroxylation is 3. The van der Waals surface area contributed by atoms with Crippen LogP contribution in [0.4, 0.5) is 0 Å². The summed E-state index contributed by atoms with van der Waals surface area (Å²) < 4.78 is 12.1. The predicted molar refractivity (Wildman–Crippen MR) is 139 cm³/mol. The predicted octanol–water partition coefficient (Wildman–Crippen LogP) is 6.86. The molecule has 1 atom stereocenters. The number of pyridine rings is 1. The fraction of sp³-hybridized carbons (Fsp3) is 0.333. The molecule has 0 fully saturated rings. The second-order valence-corrected chi connectivity index (χ2v) is 10.4. The van der Waals surface area contributed by atoms with Gasteiger partial charge in [0.15, 0.2) is 6.10 Å². The summed E-state index contributed by atoms with van der Waals surface area (Å²) in [6.45, 7) is 12.5. The Hall–Kier alpha value is -3.44. The lowest BCUT2D eigenvalue weighted by Gasteiger charge is -2.29. The second kappa shape index (κ2) is 8.35. The van der Waals surface area contributed by atoms with Gasteiger partial charge in [0.25, 0.3) is 0 Å². The zero-order valence-corrected chi connectivity index (χ0v) is 21.2. The quantitative estimate of drug-likeness (QED) is 0.354. The molecular weight excluding hydrogens is 438 g/mol. The summed E-state index contributed by atoms with van der Waals surface area (Å²) in [5, 5.41) is 13.5. The number of carbonyl (C=O) groups is 1. The molecule has 3 aromatic carbocycles. The Balaban J connectivity index is 1.94. The van der Waals surface area contributed by atoms with Crippen molar-refractivity contribution in [3.63, 3.8) is 0 Å². The van der Waals surface area contributed by atoms with Gasteiger partial charge in [-0.25, -0.2) is 4.79 Å². The minimum Gasteiger partial charge on any atom is -0.493 e. The molecule has 0 saturated heterocycles. The van der Waals surface area contributed by atoms with Crippen LogP contribution in [0.2, 0.25) is 0 Å². The summed E-state index contributed by atoms with van der Waals surface area (Å²) in [6, 6.07) is 12.3. The van der Waals surface area contributed by atoms with Crippen molar-refractivity contribution in [2.75, 3.05) is 6.61 Å². The highest BCUT2D eigenvalue weighted by Gasteiger charge is 2.32. The molecule has 0 unspecified atom stereocenters. The van der Waals surface area contributed by atoms with Crippen molar-refractivity contribution in [1.82, 2.24) is 4.98 Å². The molecule has 0 saturated carbocycles. The number of hydrogen-bond donors (Lipinski definition) is 1. The van der Waals surface area contributed by atoms with E-state index in [-0.39, 0.29) is 0 Å². The molecule has 1 aliphatic heterocycles. The van der Waals surface area contributed by atoms with Gasteiger partial charge in [-0.1, -0.05) is 18.2 Å². The Labute approximate surface area is 205 Å². The summed E-state index contributed by atoms with van der Waals surface area (Å²) in [4.78, 5) is 17.4. The van der Waals surface area contributed by atoms with Crippen molar-refractivity contribution < 1.29 is 19.4 Å². The van der Waals surface area contributed by atoms with Gasteiger partial charge in [0.2, 0.25) is 0 Å². The van der Waals surface area contributed by atoms with E-state index in [1.807, 2.05) is 52.1 Å². The van der Waals surface area contributed by atoms with Gasteiger partial charge in [-0.3, -0.25) is 4.98 Å². The van der Waals surface area contributed by atoms with Crippen LogP contribution in [-0.2, 0) is 16.0 Å².